The first-order valence-electron chi connectivity index (χ1n) is 4.75. The Hall–Kier alpha value is -0.610. The Morgan fingerprint density at radius 2 is 2.15 bits per heavy atom. The average Bonchev–Trinajstić information content (AvgIpc) is 2.04. The summed E-state index contributed by atoms with van der Waals surface area (Å²) in [7, 11) is 0. The summed E-state index contributed by atoms with van der Waals surface area (Å²) in [5.74, 6) is 0.171. The second kappa shape index (κ2) is 6.86. The van der Waals surface area contributed by atoms with Crippen LogP contribution in [0, 0.1) is 5.92 Å². The maximum absolute atomic E-state index is 11.2. The van der Waals surface area contributed by atoms with Crippen LogP contribution in [0.1, 0.15) is 33.6 Å². The summed E-state index contributed by atoms with van der Waals surface area (Å²) in [6.07, 6.45) is 1.59. The number of rotatable bonds is 6. The number of nitrogens with one attached hydrogen (secondary N) is 1. The maximum atomic E-state index is 11.2. The van der Waals surface area contributed by atoms with Crippen LogP contribution >= 0.6 is 0 Å². The lowest BCUT2D eigenvalue weighted by Gasteiger charge is -2.11. The van der Waals surface area contributed by atoms with E-state index in [0.717, 1.165) is 6.42 Å². The topological polar surface area (TPSA) is 64.4 Å². The van der Waals surface area contributed by atoms with Crippen LogP contribution in [-0.4, -0.2) is 18.6 Å². The van der Waals surface area contributed by atoms with Gasteiger partial charge in [0.25, 0.3) is 5.91 Å². The quantitative estimate of drug-likeness (QED) is 0.606. The molecule has 1 atom stereocenters. The zero-order valence-electron chi connectivity index (χ0n) is 8.67. The molecule has 0 saturated heterocycles. The third-order valence-electron chi connectivity index (χ3n) is 1.53. The van der Waals surface area contributed by atoms with Gasteiger partial charge in [-0.1, -0.05) is 27.2 Å². The predicted octanol–water partition coefficient (Wildman–Crippen LogP) is 0.818. The number of amides is 1. The van der Waals surface area contributed by atoms with Crippen LogP contribution in [0.5, 0.6) is 0 Å². The lowest BCUT2D eigenvalue weighted by molar-refractivity contribution is -0.135. The molecule has 0 aliphatic carbocycles. The van der Waals surface area contributed by atoms with E-state index < -0.39 is 6.04 Å². The van der Waals surface area contributed by atoms with Crippen molar-refractivity contribution in [2.75, 3.05) is 6.61 Å². The van der Waals surface area contributed by atoms with Crippen molar-refractivity contribution >= 4 is 5.91 Å². The monoisotopic (exact) mass is 188 g/mol. The Morgan fingerprint density at radius 3 is 2.62 bits per heavy atom. The molecule has 4 heteroatoms. The molecule has 0 heterocycles. The van der Waals surface area contributed by atoms with Crippen molar-refractivity contribution in [3.05, 3.63) is 0 Å². The molecule has 0 radical (unpaired) electrons. The number of hydrogen-bond acceptors (Lipinski definition) is 3. The number of nitrogens with two attached hydrogens (primary N) is 1. The number of carbonyl (C=O) groups excluding carboxylic acids is 1. The van der Waals surface area contributed by atoms with Gasteiger partial charge in [-0.2, -0.15) is 0 Å². The van der Waals surface area contributed by atoms with Gasteiger partial charge in [-0.15, -0.1) is 0 Å². The molecule has 0 unspecified atom stereocenters. The van der Waals surface area contributed by atoms with Crippen molar-refractivity contribution in [3.8, 4) is 0 Å². The van der Waals surface area contributed by atoms with E-state index in [2.05, 4.69) is 5.48 Å². The maximum Gasteiger partial charge on any atom is 0.260 e. The van der Waals surface area contributed by atoms with E-state index in [1.165, 1.54) is 0 Å². The van der Waals surface area contributed by atoms with Gasteiger partial charge < -0.3 is 5.73 Å². The van der Waals surface area contributed by atoms with Crippen molar-refractivity contribution in [2.24, 2.45) is 11.7 Å². The molecule has 0 aromatic heterocycles. The van der Waals surface area contributed by atoms with Gasteiger partial charge in [0.1, 0.15) is 0 Å². The van der Waals surface area contributed by atoms with Gasteiger partial charge in [0.15, 0.2) is 0 Å². The van der Waals surface area contributed by atoms with Crippen LogP contribution in [0.3, 0.4) is 0 Å². The van der Waals surface area contributed by atoms with Crippen molar-refractivity contribution in [3.63, 3.8) is 0 Å². The second-order valence-corrected chi connectivity index (χ2v) is 3.57. The Bertz CT molecular complexity index is 149. The minimum atomic E-state index is -0.447. The molecule has 0 spiro atoms. The molecule has 0 aromatic carbocycles. The summed E-state index contributed by atoms with van der Waals surface area (Å²) in [4.78, 5) is 16.1. The molecular weight excluding hydrogens is 168 g/mol. The summed E-state index contributed by atoms with van der Waals surface area (Å²) in [5.41, 5.74) is 7.89. The number of carbonyl (C=O) groups is 1. The summed E-state index contributed by atoms with van der Waals surface area (Å²) in [6, 6.07) is -0.447. The van der Waals surface area contributed by atoms with Crippen LogP contribution in [0.15, 0.2) is 0 Å². The van der Waals surface area contributed by atoms with Gasteiger partial charge in [0, 0.05) is 0 Å². The molecule has 78 valence electrons. The first-order chi connectivity index (χ1) is 6.07. The van der Waals surface area contributed by atoms with Gasteiger partial charge in [0.2, 0.25) is 0 Å². The van der Waals surface area contributed by atoms with Crippen LogP contribution < -0.4 is 11.2 Å². The van der Waals surface area contributed by atoms with Crippen LogP contribution in [0.4, 0.5) is 0 Å². The molecule has 0 aromatic rings. The fourth-order valence-electron chi connectivity index (χ4n) is 0.797. The highest BCUT2D eigenvalue weighted by Gasteiger charge is 2.11. The van der Waals surface area contributed by atoms with Crippen molar-refractivity contribution in [2.45, 2.75) is 39.7 Å². The molecule has 13 heavy (non-hydrogen) atoms. The lowest BCUT2D eigenvalue weighted by atomic mass is 10.2. The number of hydrogen-bond donors (Lipinski definition) is 2. The van der Waals surface area contributed by atoms with Gasteiger partial charge in [-0.05, 0) is 12.3 Å². The van der Waals surface area contributed by atoms with E-state index in [9.17, 15) is 4.79 Å². The smallest absolute Gasteiger partial charge is 0.260 e. The summed E-state index contributed by atoms with van der Waals surface area (Å²) >= 11 is 0. The molecule has 0 rings (SSSR count). The van der Waals surface area contributed by atoms with E-state index in [1.807, 2.05) is 20.8 Å². The van der Waals surface area contributed by atoms with Gasteiger partial charge in [0.05, 0.1) is 12.6 Å². The van der Waals surface area contributed by atoms with Crippen LogP contribution in [-0.2, 0) is 9.63 Å². The fourth-order valence-corrected chi connectivity index (χ4v) is 0.797. The molecule has 4 nitrogen and oxygen atoms in total. The largest absolute Gasteiger partial charge is 0.320 e. The molecule has 0 aliphatic heterocycles. The van der Waals surface area contributed by atoms with E-state index in [0.29, 0.717) is 18.9 Å². The first-order valence-corrected chi connectivity index (χ1v) is 4.75. The van der Waals surface area contributed by atoms with E-state index in [1.54, 1.807) is 0 Å². The Balaban J connectivity index is 3.50. The highest BCUT2D eigenvalue weighted by Crippen LogP contribution is 1.94. The molecule has 1 amide bonds. The zero-order valence-corrected chi connectivity index (χ0v) is 8.67. The van der Waals surface area contributed by atoms with Crippen molar-refractivity contribution in [1.82, 2.24) is 5.48 Å². The summed E-state index contributed by atoms with van der Waals surface area (Å²) in [5, 5.41) is 0. The molecule has 3 N–H and O–H groups in total. The normalized spacial score (nSPS) is 13.0. The Labute approximate surface area is 79.8 Å². The molecule has 0 aliphatic rings. The van der Waals surface area contributed by atoms with Crippen LogP contribution in [0.2, 0.25) is 0 Å². The van der Waals surface area contributed by atoms with Gasteiger partial charge in [-0.25, -0.2) is 5.48 Å². The molecular formula is C9H20N2O2. The van der Waals surface area contributed by atoms with Crippen LogP contribution in [0.25, 0.3) is 0 Å². The highest BCUT2D eigenvalue weighted by molar-refractivity contribution is 5.80. The van der Waals surface area contributed by atoms with E-state index in [-0.39, 0.29) is 5.91 Å². The standard InChI is InChI=1S/C9H20N2O2/c1-4-5-8(10)9(12)11-13-6-7(2)3/h7-8H,4-6,10H2,1-3H3,(H,11,12)/t8-/m1/s1. The van der Waals surface area contributed by atoms with E-state index >= 15 is 0 Å². The third kappa shape index (κ3) is 6.54. The molecule has 0 saturated carbocycles. The van der Waals surface area contributed by atoms with Crippen molar-refractivity contribution < 1.29 is 9.63 Å². The SMILES string of the molecule is CCC[C@@H](N)C(=O)NOCC(C)C. The first kappa shape index (κ1) is 12.4. The molecule has 0 fully saturated rings. The highest BCUT2D eigenvalue weighted by atomic mass is 16.7. The van der Waals surface area contributed by atoms with Crippen molar-refractivity contribution in [1.29, 1.82) is 0 Å². The second-order valence-electron chi connectivity index (χ2n) is 3.57. The Kier molecular flexibility index (Phi) is 6.54. The Morgan fingerprint density at radius 1 is 1.54 bits per heavy atom. The van der Waals surface area contributed by atoms with Gasteiger partial charge in [-0.3, -0.25) is 9.63 Å². The summed E-state index contributed by atoms with van der Waals surface area (Å²) < 4.78 is 0. The average molecular weight is 188 g/mol. The lowest BCUT2D eigenvalue weighted by Crippen LogP contribution is -2.40. The number of hydroxylamine groups is 1. The fraction of sp³-hybridized carbons (Fsp3) is 0.889. The summed E-state index contributed by atoms with van der Waals surface area (Å²) in [6.45, 7) is 6.53. The predicted molar refractivity (Wildman–Crippen MR) is 51.8 cm³/mol. The zero-order chi connectivity index (χ0) is 10.3. The van der Waals surface area contributed by atoms with Gasteiger partial charge >= 0.3 is 0 Å². The third-order valence-corrected chi connectivity index (χ3v) is 1.53. The molecule has 0 bridgehead atoms. The minimum Gasteiger partial charge on any atom is -0.320 e. The van der Waals surface area contributed by atoms with E-state index in [4.69, 9.17) is 10.6 Å². The minimum absolute atomic E-state index is 0.234.